The number of anilines is 1. The van der Waals surface area contributed by atoms with E-state index in [4.69, 9.17) is 5.73 Å². The highest BCUT2D eigenvalue weighted by Crippen LogP contribution is 2.15. The number of nitrogens with two attached hydrogens (primary N) is 1. The van der Waals surface area contributed by atoms with Gasteiger partial charge < -0.3 is 10.6 Å². The van der Waals surface area contributed by atoms with Crippen molar-refractivity contribution in [2.45, 2.75) is 135 Å². The number of benzene rings is 1. The molecule has 2 N–H and O–H groups in total. The van der Waals surface area contributed by atoms with Gasteiger partial charge in [0.25, 0.3) is 5.91 Å². The molecule has 0 aromatic heterocycles. The van der Waals surface area contributed by atoms with Crippen LogP contribution >= 0.6 is 0 Å². The van der Waals surface area contributed by atoms with E-state index in [9.17, 15) is 4.79 Å². The van der Waals surface area contributed by atoms with Gasteiger partial charge in [-0.05, 0) is 30.7 Å². The summed E-state index contributed by atoms with van der Waals surface area (Å²) in [6.45, 7) is 3.13. The summed E-state index contributed by atoms with van der Waals surface area (Å²) >= 11 is 0. The number of nitrogen functional groups attached to an aromatic ring is 1. The van der Waals surface area contributed by atoms with Gasteiger partial charge in [0.15, 0.2) is 0 Å². The molecule has 0 aliphatic carbocycles. The fourth-order valence-corrected chi connectivity index (χ4v) is 4.55. The zero-order valence-corrected chi connectivity index (χ0v) is 22.1. The summed E-state index contributed by atoms with van der Waals surface area (Å²) in [4.78, 5) is 14.2. The van der Waals surface area contributed by atoms with Crippen LogP contribution in [0.1, 0.15) is 146 Å². The molecule has 1 rings (SSSR count). The van der Waals surface area contributed by atoms with Gasteiger partial charge in [-0.25, -0.2) is 0 Å². The molecule has 0 unspecified atom stereocenters. The highest BCUT2D eigenvalue weighted by atomic mass is 16.2. The molecule has 0 bridgehead atoms. The Bertz CT molecular complexity index is 569. The van der Waals surface area contributed by atoms with Crippen LogP contribution in [0.3, 0.4) is 0 Å². The molecule has 0 aliphatic rings. The third-order valence-electron chi connectivity index (χ3n) is 6.85. The molecule has 1 amide bonds. The lowest BCUT2D eigenvalue weighted by Gasteiger charge is -2.17. The van der Waals surface area contributed by atoms with E-state index >= 15 is 0 Å². The average Bonchev–Trinajstić information content (AvgIpc) is 2.82. The van der Waals surface area contributed by atoms with Crippen LogP contribution in [0.15, 0.2) is 24.3 Å². The molecule has 0 aliphatic heterocycles. The van der Waals surface area contributed by atoms with Crippen LogP contribution in [-0.2, 0) is 0 Å². The van der Waals surface area contributed by atoms with Gasteiger partial charge in [0, 0.05) is 24.8 Å². The fraction of sp³-hybridized carbons (Fsp3) is 0.767. The van der Waals surface area contributed by atoms with Crippen LogP contribution in [0.5, 0.6) is 0 Å². The smallest absolute Gasteiger partial charge is 0.253 e. The largest absolute Gasteiger partial charge is 0.399 e. The van der Waals surface area contributed by atoms with Crippen LogP contribution in [0, 0.1) is 0 Å². The van der Waals surface area contributed by atoms with E-state index in [0.717, 1.165) is 18.5 Å². The summed E-state index contributed by atoms with van der Waals surface area (Å²) in [6, 6.07) is 7.20. The lowest BCUT2D eigenvalue weighted by molar-refractivity contribution is 0.0792. The van der Waals surface area contributed by atoms with E-state index < -0.39 is 0 Å². The van der Waals surface area contributed by atoms with Crippen LogP contribution in [-0.4, -0.2) is 24.4 Å². The van der Waals surface area contributed by atoms with E-state index in [1.54, 1.807) is 12.1 Å². The summed E-state index contributed by atoms with van der Waals surface area (Å²) in [5.74, 6) is 0.0906. The number of nitrogens with zero attached hydrogens (tertiary/aromatic N) is 1. The molecule has 0 atom stereocenters. The normalized spacial score (nSPS) is 11.1. The maximum Gasteiger partial charge on any atom is 0.253 e. The summed E-state index contributed by atoms with van der Waals surface area (Å²) in [6.07, 6.45) is 27.9. The molecule has 0 spiro atoms. The monoisotopic (exact) mass is 458 g/mol. The molecular weight excluding hydrogens is 404 g/mol. The first-order valence-corrected chi connectivity index (χ1v) is 14.3. The van der Waals surface area contributed by atoms with Gasteiger partial charge in [-0.3, -0.25) is 4.79 Å². The van der Waals surface area contributed by atoms with Crippen molar-refractivity contribution in [2.24, 2.45) is 0 Å². The van der Waals surface area contributed by atoms with E-state index in [-0.39, 0.29) is 5.91 Å². The van der Waals surface area contributed by atoms with Crippen LogP contribution in [0.25, 0.3) is 0 Å². The minimum atomic E-state index is 0.0906. The molecule has 1 aromatic rings. The minimum absolute atomic E-state index is 0.0906. The number of carbonyl (C=O) groups is 1. The van der Waals surface area contributed by atoms with Crippen molar-refractivity contribution in [1.82, 2.24) is 4.90 Å². The Morgan fingerprint density at radius 3 is 1.30 bits per heavy atom. The molecule has 33 heavy (non-hydrogen) atoms. The number of hydrogen-bond donors (Lipinski definition) is 1. The SMILES string of the molecule is CCCCCCCCCCCCCCCCCCCCCCN(C)C(=O)c1ccc(N)cc1. The first kappa shape index (κ1) is 29.5. The van der Waals surface area contributed by atoms with E-state index in [1.807, 2.05) is 24.1 Å². The Kier molecular flexibility index (Phi) is 18.8. The predicted molar refractivity (Wildman–Crippen MR) is 146 cm³/mol. The Labute approximate surface area is 205 Å². The molecule has 0 radical (unpaired) electrons. The molecule has 0 fully saturated rings. The number of rotatable bonds is 22. The van der Waals surface area contributed by atoms with Gasteiger partial charge in [0.2, 0.25) is 0 Å². The summed E-state index contributed by atoms with van der Waals surface area (Å²) in [7, 11) is 1.90. The van der Waals surface area contributed by atoms with E-state index in [0.29, 0.717) is 5.69 Å². The number of amides is 1. The highest BCUT2D eigenvalue weighted by Gasteiger charge is 2.10. The van der Waals surface area contributed by atoms with Crippen molar-refractivity contribution in [2.75, 3.05) is 19.3 Å². The molecule has 3 nitrogen and oxygen atoms in total. The predicted octanol–water partition coefficient (Wildman–Crippen LogP) is 9.16. The third kappa shape index (κ3) is 16.7. The quantitative estimate of drug-likeness (QED) is 0.139. The first-order valence-electron chi connectivity index (χ1n) is 14.3. The number of carbonyl (C=O) groups excluding carboxylic acids is 1. The number of hydrogen-bond acceptors (Lipinski definition) is 2. The zero-order chi connectivity index (χ0) is 24.0. The zero-order valence-electron chi connectivity index (χ0n) is 22.1. The number of unbranched alkanes of at least 4 members (excludes halogenated alkanes) is 19. The Morgan fingerprint density at radius 1 is 0.606 bits per heavy atom. The van der Waals surface area contributed by atoms with Gasteiger partial charge in [0.05, 0.1) is 0 Å². The van der Waals surface area contributed by atoms with Crippen molar-refractivity contribution in [3.8, 4) is 0 Å². The van der Waals surface area contributed by atoms with Crippen molar-refractivity contribution in [3.63, 3.8) is 0 Å². The lowest BCUT2D eigenvalue weighted by atomic mass is 10.0. The standard InChI is InChI=1S/C30H54N2O/c1-3-4-5-6-7-8-9-10-11-12-13-14-15-16-17-18-19-20-21-22-27-32(2)30(33)28-23-25-29(31)26-24-28/h23-26H,3-22,27,31H2,1-2H3. The van der Waals surface area contributed by atoms with Crippen LogP contribution in [0.2, 0.25) is 0 Å². The maximum absolute atomic E-state index is 12.4. The Morgan fingerprint density at radius 2 is 0.939 bits per heavy atom. The molecule has 0 saturated carbocycles. The van der Waals surface area contributed by atoms with Crippen LogP contribution < -0.4 is 5.73 Å². The minimum Gasteiger partial charge on any atom is -0.399 e. The topological polar surface area (TPSA) is 46.3 Å². The molecule has 0 heterocycles. The average molecular weight is 459 g/mol. The summed E-state index contributed by atoms with van der Waals surface area (Å²) in [5, 5.41) is 0. The van der Waals surface area contributed by atoms with Gasteiger partial charge in [0.1, 0.15) is 0 Å². The van der Waals surface area contributed by atoms with Crippen molar-refractivity contribution < 1.29 is 4.79 Å². The van der Waals surface area contributed by atoms with E-state index in [2.05, 4.69) is 6.92 Å². The van der Waals surface area contributed by atoms with Crippen molar-refractivity contribution in [3.05, 3.63) is 29.8 Å². The lowest BCUT2D eigenvalue weighted by Crippen LogP contribution is -2.27. The summed E-state index contributed by atoms with van der Waals surface area (Å²) in [5.41, 5.74) is 7.11. The van der Waals surface area contributed by atoms with Gasteiger partial charge in [-0.1, -0.05) is 129 Å². The van der Waals surface area contributed by atoms with Gasteiger partial charge in [-0.15, -0.1) is 0 Å². The van der Waals surface area contributed by atoms with Gasteiger partial charge in [-0.2, -0.15) is 0 Å². The second-order valence-electron chi connectivity index (χ2n) is 10.1. The van der Waals surface area contributed by atoms with Crippen LogP contribution in [0.4, 0.5) is 5.69 Å². The molecule has 3 heteroatoms. The molecule has 0 saturated heterocycles. The fourth-order valence-electron chi connectivity index (χ4n) is 4.55. The summed E-state index contributed by atoms with van der Waals surface area (Å²) < 4.78 is 0. The molecular formula is C30H54N2O. The maximum atomic E-state index is 12.4. The molecule has 1 aromatic carbocycles. The third-order valence-corrected chi connectivity index (χ3v) is 6.85. The van der Waals surface area contributed by atoms with Gasteiger partial charge >= 0.3 is 0 Å². The second kappa shape index (κ2) is 21.1. The van der Waals surface area contributed by atoms with Crippen molar-refractivity contribution in [1.29, 1.82) is 0 Å². The molecule has 190 valence electrons. The van der Waals surface area contributed by atoms with E-state index in [1.165, 1.54) is 122 Å². The Balaban J connectivity index is 1.79. The first-order chi connectivity index (χ1) is 16.1. The highest BCUT2D eigenvalue weighted by molar-refractivity contribution is 5.94. The van der Waals surface area contributed by atoms with Crippen molar-refractivity contribution >= 4 is 11.6 Å². The Hall–Kier alpha value is -1.51. The second-order valence-corrected chi connectivity index (χ2v) is 10.1.